The predicted molar refractivity (Wildman–Crippen MR) is 49.6 cm³/mol. The summed E-state index contributed by atoms with van der Waals surface area (Å²) in [6, 6.07) is 0. The highest BCUT2D eigenvalue weighted by Crippen LogP contribution is 2.26. The second kappa shape index (κ2) is 8.06. The molecule has 0 atom stereocenters. The quantitative estimate of drug-likeness (QED) is 0.655. The fourth-order valence-corrected chi connectivity index (χ4v) is 1.88. The summed E-state index contributed by atoms with van der Waals surface area (Å²) in [4.78, 5) is 0. The van der Waals surface area contributed by atoms with E-state index in [1.165, 1.54) is 44.9 Å². The summed E-state index contributed by atoms with van der Waals surface area (Å²) in [5.41, 5.74) is 0. The van der Waals surface area contributed by atoms with Gasteiger partial charge in [0.1, 0.15) is 0 Å². The van der Waals surface area contributed by atoms with Gasteiger partial charge in [-0.2, -0.15) is 0 Å². The van der Waals surface area contributed by atoms with E-state index in [9.17, 15) is 0 Å². The average molecular weight is 158 g/mol. The molecule has 1 rings (SSSR count). The van der Waals surface area contributed by atoms with Crippen molar-refractivity contribution in [3.8, 4) is 0 Å². The van der Waals surface area contributed by atoms with E-state index in [2.05, 4.69) is 6.92 Å². The zero-order valence-electron chi connectivity index (χ0n) is 7.97. The Balaban J connectivity index is 0.000000461. The van der Waals surface area contributed by atoms with Crippen molar-refractivity contribution < 1.29 is 5.11 Å². The Labute approximate surface area is 70.8 Å². The molecule has 11 heavy (non-hydrogen) atoms. The fraction of sp³-hybridized carbons (Fsp3) is 1.00. The van der Waals surface area contributed by atoms with E-state index in [-0.39, 0.29) is 0 Å². The zero-order chi connectivity index (χ0) is 8.53. The Morgan fingerprint density at radius 3 is 2.09 bits per heavy atom. The van der Waals surface area contributed by atoms with Crippen LogP contribution in [-0.2, 0) is 0 Å². The van der Waals surface area contributed by atoms with Gasteiger partial charge in [-0.3, -0.25) is 0 Å². The van der Waals surface area contributed by atoms with Gasteiger partial charge in [0.15, 0.2) is 0 Å². The lowest BCUT2D eigenvalue weighted by molar-refractivity contribution is 0.336. The topological polar surface area (TPSA) is 20.2 Å². The van der Waals surface area contributed by atoms with E-state index in [0.29, 0.717) is 0 Å². The van der Waals surface area contributed by atoms with Gasteiger partial charge in [-0.1, -0.05) is 51.9 Å². The van der Waals surface area contributed by atoms with Gasteiger partial charge >= 0.3 is 0 Å². The van der Waals surface area contributed by atoms with Gasteiger partial charge in [0.25, 0.3) is 0 Å². The number of aliphatic hydroxyl groups is 1. The Kier molecular flexibility index (Phi) is 8.03. The molecule has 0 spiro atoms. The maximum absolute atomic E-state index is 7.00. The lowest BCUT2D eigenvalue weighted by atomic mass is 9.86. The molecule has 0 radical (unpaired) electrons. The molecule has 1 aliphatic rings. The first-order valence-corrected chi connectivity index (χ1v) is 4.88. The molecule has 1 heteroatoms. The van der Waals surface area contributed by atoms with Crippen molar-refractivity contribution in [1.82, 2.24) is 0 Å². The van der Waals surface area contributed by atoms with Crippen molar-refractivity contribution in [1.29, 1.82) is 0 Å². The smallest absolute Gasteiger partial charge is 0.0319 e. The number of hydrogen-bond acceptors (Lipinski definition) is 1. The number of hydrogen-bond donors (Lipinski definition) is 1. The molecule has 1 N–H and O–H groups in total. The van der Waals surface area contributed by atoms with Crippen LogP contribution < -0.4 is 0 Å². The monoisotopic (exact) mass is 158 g/mol. The Morgan fingerprint density at radius 2 is 1.64 bits per heavy atom. The number of aliphatic hydroxyl groups excluding tert-OH is 1. The third kappa shape index (κ3) is 5.25. The van der Waals surface area contributed by atoms with E-state index in [1.807, 2.05) is 0 Å². The van der Waals surface area contributed by atoms with Crippen molar-refractivity contribution in [2.24, 2.45) is 5.92 Å². The molecule has 0 aromatic carbocycles. The highest BCUT2D eigenvalue weighted by Gasteiger charge is 2.10. The molecule has 0 aromatic heterocycles. The molecule has 0 amide bonds. The first kappa shape index (κ1) is 11.0. The van der Waals surface area contributed by atoms with Crippen molar-refractivity contribution >= 4 is 0 Å². The van der Waals surface area contributed by atoms with Crippen LogP contribution in [0, 0.1) is 5.92 Å². The predicted octanol–water partition coefficient (Wildman–Crippen LogP) is 2.98. The van der Waals surface area contributed by atoms with E-state index in [1.54, 1.807) is 0 Å². The molecule has 0 heterocycles. The molecule has 1 fully saturated rings. The molecule has 0 saturated heterocycles. The maximum Gasteiger partial charge on any atom is 0.0319 e. The first-order valence-electron chi connectivity index (χ1n) is 4.88. The molecular formula is C10H22O. The minimum Gasteiger partial charge on any atom is -0.400 e. The lowest BCUT2D eigenvalue weighted by Gasteiger charge is -2.20. The van der Waals surface area contributed by atoms with Crippen LogP contribution in [0.2, 0.25) is 0 Å². The van der Waals surface area contributed by atoms with E-state index < -0.39 is 0 Å². The summed E-state index contributed by atoms with van der Waals surface area (Å²) in [7, 11) is 1.00. The van der Waals surface area contributed by atoms with Crippen LogP contribution in [-0.4, -0.2) is 12.2 Å². The first-order chi connectivity index (χ1) is 5.43. The van der Waals surface area contributed by atoms with Gasteiger partial charge in [-0.15, -0.1) is 0 Å². The third-order valence-electron chi connectivity index (χ3n) is 2.42. The molecule has 0 aliphatic heterocycles. The molecule has 1 nitrogen and oxygen atoms in total. The maximum atomic E-state index is 7.00. The van der Waals surface area contributed by atoms with Gasteiger partial charge in [0, 0.05) is 7.11 Å². The second-order valence-corrected chi connectivity index (χ2v) is 3.29. The third-order valence-corrected chi connectivity index (χ3v) is 2.42. The fourth-order valence-electron chi connectivity index (χ4n) is 1.88. The molecule has 1 saturated carbocycles. The summed E-state index contributed by atoms with van der Waals surface area (Å²) < 4.78 is 0. The standard InChI is InChI=1S/C9H18.CH4O/c1-2-6-9-7-4-3-5-8-9;1-2/h9H,2-8H2,1H3;2H,1H3. The van der Waals surface area contributed by atoms with E-state index in [0.717, 1.165) is 13.0 Å². The highest BCUT2D eigenvalue weighted by molar-refractivity contribution is 4.64. The van der Waals surface area contributed by atoms with Crippen LogP contribution in [0.1, 0.15) is 51.9 Å². The van der Waals surface area contributed by atoms with Crippen molar-refractivity contribution in [2.75, 3.05) is 7.11 Å². The molecule has 1 aliphatic carbocycles. The molecule has 0 aromatic rings. The molecule has 0 bridgehead atoms. The summed E-state index contributed by atoms with van der Waals surface area (Å²) in [5.74, 6) is 1.10. The van der Waals surface area contributed by atoms with Crippen molar-refractivity contribution in [2.45, 2.75) is 51.9 Å². The van der Waals surface area contributed by atoms with Crippen LogP contribution in [0.15, 0.2) is 0 Å². The van der Waals surface area contributed by atoms with Crippen LogP contribution in [0.25, 0.3) is 0 Å². The summed E-state index contributed by atoms with van der Waals surface area (Å²) in [6.45, 7) is 2.30. The van der Waals surface area contributed by atoms with Crippen LogP contribution in [0.3, 0.4) is 0 Å². The molecule has 68 valence electrons. The molecule has 0 unspecified atom stereocenters. The van der Waals surface area contributed by atoms with Gasteiger partial charge < -0.3 is 5.11 Å². The van der Waals surface area contributed by atoms with Gasteiger partial charge in [0.2, 0.25) is 0 Å². The Morgan fingerprint density at radius 1 is 1.09 bits per heavy atom. The highest BCUT2D eigenvalue weighted by atomic mass is 16.2. The number of rotatable bonds is 2. The minimum atomic E-state index is 1.00. The average Bonchev–Trinajstić information content (AvgIpc) is 2.11. The largest absolute Gasteiger partial charge is 0.400 e. The van der Waals surface area contributed by atoms with Gasteiger partial charge in [-0.05, 0) is 5.92 Å². The summed E-state index contributed by atoms with van der Waals surface area (Å²) in [5, 5.41) is 7.00. The van der Waals surface area contributed by atoms with Crippen LogP contribution in [0.4, 0.5) is 0 Å². The Hall–Kier alpha value is -0.0400. The van der Waals surface area contributed by atoms with Crippen molar-refractivity contribution in [3.63, 3.8) is 0 Å². The van der Waals surface area contributed by atoms with E-state index in [4.69, 9.17) is 5.11 Å². The normalized spacial score (nSPS) is 18.8. The summed E-state index contributed by atoms with van der Waals surface area (Å²) in [6.07, 6.45) is 10.4. The molecular weight excluding hydrogens is 136 g/mol. The Bertz CT molecular complexity index is 62.5. The zero-order valence-corrected chi connectivity index (χ0v) is 7.97. The van der Waals surface area contributed by atoms with Crippen molar-refractivity contribution in [3.05, 3.63) is 0 Å². The minimum absolute atomic E-state index is 1.00. The van der Waals surface area contributed by atoms with Gasteiger partial charge in [0.05, 0.1) is 0 Å². The van der Waals surface area contributed by atoms with E-state index >= 15 is 0 Å². The summed E-state index contributed by atoms with van der Waals surface area (Å²) >= 11 is 0. The van der Waals surface area contributed by atoms with Gasteiger partial charge in [-0.25, -0.2) is 0 Å². The second-order valence-electron chi connectivity index (χ2n) is 3.29. The lowest BCUT2D eigenvalue weighted by Crippen LogP contribution is -2.04. The van der Waals surface area contributed by atoms with Crippen LogP contribution in [0.5, 0.6) is 0 Å². The van der Waals surface area contributed by atoms with Crippen LogP contribution >= 0.6 is 0 Å². The SMILES string of the molecule is CCCC1CCCCC1.CO.